The lowest BCUT2D eigenvalue weighted by Crippen LogP contribution is -2.38. The topological polar surface area (TPSA) is 61.4 Å². The number of amides is 1. The van der Waals surface area contributed by atoms with Crippen molar-refractivity contribution in [2.45, 2.75) is 51.7 Å². The fraction of sp³-hybridized carbons (Fsp3) is 0.923. The summed E-state index contributed by atoms with van der Waals surface area (Å²) < 4.78 is 0. The van der Waals surface area contributed by atoms with Crippen molar-refractivity contribution in [1.82, 2.24) is 10.6 Å². The summed E-state index contributed by atoms with van der Waals surface area (Å²) in [5, 5.41) is 15.6. The highest BCUT2D eigenvalue weighted by Crippen LogP contribution is 2.58. The largest absolute Gasteiger partial charge is 0.393 e. The predicted octanol–water partition coefficient (Wildman–Crippen LogP) is 0.652. The third-order valence-electron chi connectivity index (χ3n) is 4.19. The maximum Gasteiger partial charge on any atom is 0.223 e. The summed E-state index contributed by atoms with van der Waals surface area (Å²) in [6.07, 6.45) is 3.61. The minimum absolute atomic E-state index is 0.0712. The van der Waals surface area contributed by atoms with Crippen LogP contribution in [0.15, 0.2) is 0 Å². The molecule has 3 atom stereocenters. The lowest BCUT2D eigenvalue weighted by molar-refractivity contribution is -0.124. The number of hydrogen-bond acceptors (Lipinski definition) is 3. The van der Waals surface area contributed by atoms with Crippen LogP contribution >= 0.6 is 0 Å². The molecule has 4 heteroatoms. The van der Waals surface area contributed by atoms with Crippen LogP contribution in [0.1, 0.15) is 39.5 Å². The quantitative estimate of drug-likeness (QED) is 0.676. The lowest BCUT2D eigenvalue weighted by atomic mass is 9.91. The van der Waals surface area contributed by atoms with E-state index in [0.29, 0.717) is 11.8 Å². The van der Waals surface area contributed by atoms with Crippen LogP contribution in [0, 0.1) is 11.3 Å². The molecule has 2 aliphatic rings. The van der Waals surface area contributed by atoms with Crippen LogP contribution < -0.4 is 10.6 Å². The zero-order valence-electron chi connectivity index (χ0n) is 10.8. The van der Waals surface area contributed by atoms with Gasteiger partial charge in [0.15, 0.2) is 0 Å². The summed E-state index contributed by atoms with van der Waals surface area (Å²) in [4.78, 5) is 12.1. The van der Waals surface area contributed by atoms with Gasteiger partial charge in [0.2, 0.25) is 5.91 Å². The Morgan fingerprint density at radius 3 is 2.71 bits per heavy atom. The minimum atomic E-state index is -0.350. The molecule has 1 amide bonds. The number of aliphatic hydroxyl groups excluding tert-OH is 1. The Hall–Kier alpha value is -0.610. The van der Waals surface area contributed by atoms with Gasteiger partial charge in [0.1, 0.15) is 0 Å². The summed E-state index contributed by atoms with van der Waals surface area (Å²) >= 11 is 0. The van der Waals surface area contributed by atoms with Crippen molar-refractivity contribution >= 4 is 5.91 Å². The first kappa shape index (κ1) is 12.8. The normalized spacial score (nSPS) is 29.7. The summed E-state index contributed by atoms with van der Waals surface area (Å²) in [6, 6.07) is 0.0712. The number of carbonyl (C=O) groups excluding carboxylic acids is 1. The van der Waals surface area contributed by atoms with E-state index in [4.69, 9.17) is 0 Å². The van der Waals surface area contributed by atoms with Crippen molar-refractivity contribution in [2.24, 2.45) is 11.3 Å². The van der Waals surface area contributed by atoms with Gasteiger partial charge in [-0.1, -0.05) is 0 Å². The van der Waals surface area contributed by atoms with Gasteiger partial charge in [-0.15, -0.1) is 0 Å². The summed E-state index contributed by atoms with van der Waals surface area (Å²) in [6.45, 7) is 5.82. The molecule has 0 bridgehead atoms. The first-order valence-electron chi connectivity index (χ1n) is 6.73. The smallest absolute Gasteiger partial charge is 0.223 e. The van der Waals surface area contributed by atoms with Crippen LogP contribution in [-0.4, -0.2) is 36.2 Å². The van der Waals surface area contributed by atoms with Crippen LogP contribution in [0.4, 0.5) is 0 Å². The van der Waals surface area contributed by atoms with E-state index in [-0.39, 0.29) is 24.0 Å². The highest BCUT2D eigenvalue weighted by atomic mass is 16.3. The van der Waals surface area contributed by atoms with E-state index in [1.807, 2.05) is 6.92 Å². The molecule has 98 valence electrons. The Balaban J connectivity index is 1.78. The molecule has 0 radical (unpaired) electrons. The molecule has 0 aromatic heterocycles. The van der Waals surface area contributed by atoms with E-state index in [2.05, 4.69) is 10.6 Å². The Kier molecular flexibility index (Phi) is 3.73. The number of aliphatic hydroxyl groups is 1. The van der Waals surface area contributed by atoms with E-state index in [9.17, 15) is 9.90 Å². The van der Waals surface area contributed by atoms with Gasteiger partial charge >= 0.3 is 0 Å². The number of piperidine rings is 1. The van der Waals surface area contributed by atoms with Crippen LogP contribution in [0.2, 0.25) is 0 Å². The van der Waals surface area contributed by atoms with E-state index < -0.39 is 0 Å². The van der Waals surface area contributed by atoms with Gasteiger partial charge in [0.05, 0.1) is 6.10 Å². The number of rotatable bonds is 4. The average Bonchev–Trinajstić information content (AvgIpc) is 2.92. The van der Waals surface area contributed by atoms with Gasteiger partial charge in [-0.2, -0.15) is 0 Å². The van der Waals surface area contributed by atoms with E-state index >= 15 is 0 Å². The molecule has 2 rings (SSSR count). The summed E-state index contributed by atoms with van der Waals surface area (Å²) in [7, 11) is 0. The first-order valence-corrected chi connectivity index (χ1v) is 6.73. The van der Waals surface area contributed by atoms with Crippen molar-refractivity contribution in [2.75, 3.05) is 13.1 Å². The van der Waals surface area contributed by atoms with Gasteiger partial charge in [-0.05, 0) is 58.0 Å². The second-order valence-electron chi connectivity index (χ2n) is 5.86. The Labute approximate surface area is 103 Å². The monoisotopic (exact) mass is 240 g/mol. The molecule has 1 heterocycles. The van der Waals surface area contributed by atoms with Crippen molar-refractivity contribution in [1.29, 1.82) is 0 Å². The van der Waals surface area contributed by atoms with Gasteiger partial charge in [0.25, 0.3) is 0 Å². The van der Waals surface area contributed by atoms with E-state index in [1.165, 1.54) is 0 Å². The minimum Gasteiger partial charge on any atom is -0.393 e. The van der Waals surface area contributed by atoms with Crippen LogP contribution in [0.25, 0.3) is 0 Å². The molecule has 1 aliphatic heterocycles. The van der Waals surface area contributed by atoms with Gasteiger partial charge in [0, 0.05) is 12.0 Å². The number of hydrogen-bond donors (Lipinski definition) is 3. The maximum absolute atomic E-state index is 12.1. The number of carbonyl (C=O) groups is 1. The predicted molar refractivity (Wildman–Crippen MR) is 66.5 cm³/mol. The van der Waals surface area contributed by atoms with Gasteiger partial charge < -0.3 is 15.7 Å². The van der Waals surface area contributed by atoms with Crippen molar-refractivity contribution < 1.29 is 9.90 Å². The van der Waals surface area contributed by atoms with Gasteiger partial charge in [-0.3, -0.25) is 4.79 Å². The fourth-order valence-electron chi connectivity index (χ4n) is 3.11. The van der Waals surface area contributed by atoms with Gasteiger partial charge in [-0.25, -0.2) is 0 Å². The van der Waals surface area contributed by atoms with Crippen molar-refractivity contribution in [3.63, 3.8) is 0 Å². The summed E-state index contributed by atoms with van der Waals surface area (Å²) in [5.74, 6) is 0.418. The molecule has 17 heavy (non-hydrogen) atoms. The average molecular weight is 240 g/mol. The van der Waals surface area contributed by atoms with E-state index in [0.717, 1.165) is 32.4 Å². The third kappa shape index (κ3) is 2.99. The molecule has 0 aromatic rings. The Bertz CT molecular complexity index is 285. The SMILES string of the molecule is CC(O)CC(C)NC(=O)C1CC12CCNCC2. The molecule has 4 nitrogen and oxygen atoms in total. The third-order valence-corrected chi connectivity index (χ3v) is 4.19. The molecule has 3 N–H and O–H groups in total. The molecular weight excluding hydrogens is 216 g/mol. The number of nitrogens with one attached hydrogen (secondary N) is 2. The van der Waals surface area contributed by atoms with E-state index in [1.54, 1.807) is 6.92 Å². The molecule has 1 spiro atoms. The Morgan fingerprint density at radius 1 is 1.47 bits per heavy atom. The second-order valence-corrected chi connectivity index (χ2v) is 5.86. The lowest BCUT2D eigenvalue weighted by Gasteiger charge is -2.24. The Morgan fingerprint density at radius 2 is 2.12 bits per heavy atom. The van der Waals surface area contributed by atoms with Crippen molar-refractivity contribution in [3.8, 4) is 0 Å². The highest BCUT2D eigenvalue weighted by molar-refractivity contribution is 5.82. The second kappa shape index (κ2) is 4.94. The molecule has 1 saturated heterocycles. The molecule has 0 aromatic carbocycles. The fourth-order valence-corrected chi connectivity index (χ4v) is 3.11. The standard InChI is InChI=1S/C13H24N2O2/c1-9(7-10(2)16)15-12(17)11-8-13(11)3-5-14-6-4-13/h9-11,14,16H,3-8H2,1-2H3,(H,15,17). The molecular formula is C13H24N2O2. The zero-order valence-corrected chi connectivity index (χ0v) is 10.8. The van der Waals surface area contributed by atoms with Crippen molar-refractivity contribution in [3.05, 3.63) is 0 Å². The molecule has 3 unspecified atom stereocenters. The zero-order chi connectivity index (χ0) is 12.5. The molecule has 1 aliphatic carbocycles. The molecule has 1 saturated carbocycles. The maximum atomic E-state index is 12.1. The summed E-state index contributed by atoms with van der Waals surface area (Å²) in [5.41, 5.74) is 0.305. The molecule has 2 fully saturated rings. The van der Waals surface area contributed by atoms with Crippen LogP contribution in [0.3, 0.4) is 0 Å². The first-order chi connectivity index (χ1) is 8.03. The van der Waals surface area contributed by atoms with Crippen LogP contribution in [0.5, 0.6) is 0 Å². The highest BCUT2D eigenvalue weighted by Gasteiger charge is 2.57. The van der Waals surface area contributed by atoms with Crippen LogP contribution in [-0.2, 0) is 4.79 Å².